The van der Waals surface area contributed by atoms with Crippen molar-refractivity contribution in [3.05, 3.63) is 105 Å². The molecule has 0 fully saturated rings. The maximum absolute atomic E-state index is 15.6. The first-order valence-corrected chi connectivity index (χ1v) is 12.9. The fourth-order valence-electron chi connectivity index (χ4n) is 5.36. The monoisotopic (exact) mass is 620 g/mol. The minimum atomic E-state index is -5.04. The molecule has 2 aliphatic heterocycles. The van der Waals surface area contributed by atoms with Gasteiger partial charge in [0.25, 0.3) is 0 Å². The second-order valence-corrected chi connectivity index (χ2v) is 10.3. The average molecular weight is 622 g/mol. The van der Waals surface area contributed by atoms with Crippen molar-refractivity contribution in [1.82, 2.24) is 4.90 Å². The number of halogens is 5. The number of carbonyl (C=O) groups excluding carboxylic acids is 2. The van der Waals surface area contributed by atoms with Crippen LogP contribution in [0.2, 0.25) is 5.02 Å². The Bertz CT molecular complexity index is 1490. The quantitative estimate of drug-likeness (QED) is 0.284. The van der Waals surface area contributed by atoms with E-state index >= 15 is 13.2 Å². The predicted octanol–water partition coefficient (Wildman–Crippen LogP) is 7.17. The number of benzene rings is 3. The van der Waals surface area contributed by atoms with Crippen LogP contribution in [0.3, 0.4) is 0 Å². The molecule has 3 aromatic carbocycles. The Morgan fingerprint density at radius 1 is 1.08 bits per heavy atom. The third kappa shape index (κ3) is 4.17. The molecule has 2 aliphatic rings. The van der Waals surface area contributed by atoms with Crippen LogP contribution in [0.4, 0.5) is 23.7 Å². The van der Waals surface area contributed by atoms with Crippen LogP contribution in [-0.4, -0.2) is 37.3 Å². The van der Waals surface area contributed by atoms with Gasteiger partial charge in [-0.3, -0.25) is 9.80 Å². The lowest BCUT2D eigenvalue weighted by Gasteiger charge is -2.50. The van der Waals surface area contributed by atoms with Crippen LogP contribution >= 0.6 is 27.5 Å². The zero-order valence-corrected chi connectivity index (χ0v) is 23.0. The van der Waals surface area contributed by atoms with Gasteiger partial charge in [-0.15, -0.1) is 0 Å². The Morgan fingerprint density at radius 3 is 2.38 bits per heavy atom. The van der Waals surface area contributed by atoms with Crippen molar-refractivity contribution in [3.8, 4) is 5.75 Å². The van der Waals surface area contributed by atoms with Crippen LogP contribution in [-0.2, 0) is 21.6 Å². The van der Waals surface area contributed by atoms with Gasteiger partial charge >= 0.3 is 18.2 Å². The summed E-state index contributed by atoms with van der Waals surface area (Å²) >= 11 is 9.64. The summed E-state index contributed by atoms with van der Waals surface area (Å²) in [6, 6.07) is 16.2. The van der Waals surface area contributed by atoms with E-state index in [4.69, 9.17) is 21.1 Å². The minimum Gasteiger partial charge on any atom is -0.497 e. The molecule has 0 spiro atoms. The number of urea groups is 1. The van der Waals surface area contributed by atoms with Crippen molar-refractivity contribution in [1.29, 1.82) is 0 Å². The van der Waals surface area contributed by atoms with Gasteiger partial charge in [-0.05, 0) is 47.5 Å². The number of fused-ring (bicyclic) bond motifs is 3. The van der Waals surface area contributed by atoms with Gasteiger partial charge < -0.3 is 9.47 Å². The van der Waals surface area contributed by atoms with Crippen LogP contribution in [0.1, 0.15) is 22.6 Å². The molecule has 39 heavy (non-hydrogen) atoms. The van der Waals surface area contributed by atoms with E-state index in [1.165, 1.54) is 36.3 Å². The van der Waals surface area contributed by atoms with Crippen molar-refractivity contribution in [2.24, 2.45) is 0 Å². The number of methoxy groups -OCH3 is 2. The lowest BCUT2D eigenvalue weighted by molar-refractivity contribution is -0.223. The Morgan fingerprint density at radius 2 is 1.77 bits per heavy atom. The first-order valence-electron chi connectivity index (χ1n) is 11.7. The smallest absolute Gasteiger partial charge is 0.417 e. The number of hydrogen-bond donors (Lipinski definition) is 0. The number of nitrogens with zero attached hydrogens (tertiary/aromatic N) is 2. The van der Waals surface area contributed by atoms with Gasteiger partial charge in [0.15, 0.2) is 5.54 Å². The molecule has 202 valence electrons. The van der Waals surface area contributed by atoms with Crippen molar-refractivity contribution >= 4 is 45.2 Å². The van der Waals surface area contributed by atoms with Gasteiger partial charge in [-0.2, -0.15) is 13.2 Å². The van der Waals surface area contributed by atoms with E-state index in [-0.39, 0.29) is 34.0 Å². The van der Waals surface area contributed by atoms with E-state index in [9.17, 15) is 9.59 Å². The molecular formula is C28H21BrClF3N2O4. The molecule has 0 saturated carbocycles. The van der Waals surface area contributed by atoms with Gasteiger partial charge in [0.1, 0.15) is 5.75 Å². The summed E-state index contributed by atoms with van der Waals surface area (Å²) in [5.74, 6) is -2.04. The Balaban J connectivity index is 1.80. The molecule has 0 bridgehead atoms. The molecule has 0 unspecified atom stereocenters. The van der Waals surface area contributed by atoms with E-state index in [2.05, 4.69) is 15.9 Å². The number of rotatable bonds is 5. The van der Waals surface area contributed by atoms with E-state index < -0.39 is 29.6 Å². The molecule has 5 rings (SSSR count). The largest absolute Gasteiger partial charge is 0.497 e. The third-order valence-electron chi connectivity index (χ3n) is 7.04. The number of carbonyl (C=O) groups is 2. The van der Waals surface area contributed by atoms with Gasteiger partial charge in [0.2, 0.25) is 0 Å². The SMILES string of the molecule is COC(=O)C1=CN2C(=O)N(Cc3ccc(OC)cc3)c3ccc(Cl)cc3[C@]2(C(F)(F)F)[C@@H]1c1ccccc1Br. The molecular weight excluding hydrogens is 601 g/mol. The zero-order chi connectivity index (χ0) is 28.1. The highest BCUT2D eigenvalue weighted by Crippen LogP contribution is 2.63. The standard InChI is InChI=1S/C28H21BrClF3N2O4/c1-38-18-10-7-16(8-11-18)14-34-23-12-9-17(30)13-21(23)27(28(31,32)33)24(19-5-3-4-6-22(19)29)20(25(36)39-2)15-35(27)26(34)37/h3-13,15,24H,14H2,1-2H3/t24-,27-/m1/s1. The van der Waals surface area contributed by atoms with E-state index in [1.807, 2.05) is 0 Å². The summed E-state index contributed by atoms with van der Waals surface area (Å²) in [5, 5.41) is 0.0495. The number of ether oxygens (including phenoxy) is 2. The van der Waals surface area contributed by atoms with Crippen LogP contribution < -0.4 is 9.64 Å². The van der Waals surface area contributed by atoms with E-state index in [0.717, 1.165) is 13.3 Å². The van der Waals surface area contributed by atoms with Gasteiger partial charge in [0.05, 0.1) is 37.9 Å². The zero-order valence-electron chi connectivity index (χ0n) is 20.6. The molecule has 6 nitrogen and oxygen atoms in total. The lowest BCUT2D eigenvalue weighted by Crippen LogP contribution is -2.63. The molecule has 3 aromatic rings. The predicted molar refractivity (Wildman–Crippen MR) is 143 cm³/mol. The summed E-state index contributed by atoms with van der Waals surface area (Å²) in [4.78, 5) is 28.9. The van der Waals surface area contributed by atoms with E-state index in [0.29, 0.717) is 20.7 Å². The second kappa shape index (κ2) is 9.91. The molecule has 2 amide bonds. The van der Waals surface area contributed by atoms with Crippen molar-refractivity contribution in [3.63, 3.8) is 0 Å². The highest BCUT2D eigenvalue weighted by molar-refractivity contribution is 9.10. The maximum Gasteiger partial charge on any atom is 0.417 e. The van der Waals surface area contributed by atoms with Crippen LogP contribution in [0.15, 0.2) is 83.0 Å². The molecule has 2 atom stereocenters. The van der Waals surface area contributed by atoms with Crippen molar-refractivity contribution < 1.29 is 32.2 Å². The summed E-state index contributed by atoms with van der Waals surface area (Å²) < 4.78 is 57.4. The Labute approximate surface area is 235 Å². The normalized spacial score (nSPS) is 20.3. The number of anilines is 1. The van der Waals surface area contributed by atoms with Crippen LogP contribution in [0.25, 0.3) is 0 Å². The van der Waals surface area contributed by atoms with Crippen LogP contribution in [0, 0.1) is 0 Å². The molecule has 0 N–H and O–H groups in total. The molecule has 0 radical (unpaired) electrons. The summed E-state index contributed by atoms with van der Waals surface area (Å²) in [7, 11) is 2.60. The molecule has 2 heterocycles. The maximum atomic E-state index is 15.6. The van der Waals surface area contributed by atoms with Gasteiger partial charge in [0, 0.05) is 21.3 Å². The first-order chi connectivity index (χ1) is 18.5. The summed E-state index contributed by atoms with van der Waals surface area (Å²) in [6.45, 7) is -0.0387. The highest BCUT2D eigenvalue weighted by Gasteiger charge is 2.72. The van der Waals surface area contributed by atoms with Crippen molar-refractivity contribution in [2.45, 2.75) is 24.2 Å². The third-order valence-corrected chi connectivity index (χ3v) is 8.00. The highest BCUT2D eigenvalue weighted by atomic mass is 79.9. The Kier molecular flexibility index (Phi) is 6.88. The first kappa shape index (κ1) is 27.1. The average Bonchev–Trinajstić information content (AvgIpc) is 3.29. The van der Waals surface area contributed by atoms with Crippen molar-refractivity contribution in [2.75, 3.05) is 19.1 Å². The lowest BCUT2D eigenvalue weighted by atomic mass is 9.70. The summed E-state index contributed by atoms with van der Waals surface area (Å²) in [6.07, 6.45) is -4.09. The molecule has 0 aliphatic carbocycles. The van der Waals surface area contributed by atoms with Crippen LogP contribution in [0.5, 0.6) is 5.75 Å². The van der Waals surface area contributed by atoms with Gasteiger partial charge in [-0.25, -0.2) is 9.59 Å². The number of amides is 2. The fourth-order valence-corrected chi connectivity index (χ4v) is 6.05. The minimum absolute atomic E-state index is 0.0327. The number of hydrogen-bond acceptors (Lipinski definition) is 4. The molecule has 11 heteroatoms. The Hall–Kier alpha value is -3.50. The number of alkyl halides is 3. The molecule has 0 saturated heterocycles. The number of esters is 1. The fraction of sp³-hybridized carbons (Fsp3) is 0.214. The second-order valence-electron chi connectivity index (χ2n) is 9.04. The summed E-state index contributed by atoms with van der Waals surface area (Å²) in [5.41, 5.74) is -2.70. The topological polar surface area (TPSA) is 59.1 Å². The molecule has 0 aromatic heterocycles. The van der Waals surface area contributed by atoms with E-state index in [1.54, 1.807) is 42.5 Å². The van der Waals surface area contributed by atoms with Gasteiger partial charge in [-0.1, -0.05) is 57.9 Å².